The summed E-state index contributed by atoms with van der Waals surface area (Å²) in [6, 6.07) is 12.2. The van der Waals surface area contributed by atoms with Gasteiger partial charge in [0.1, 0.15) is 5.82 Å². The second-order valence-corrected chi connectivity index (χ2v) is 7.09. The van der Waals surface area contributed by atoms with Gasteiger partial charge in [0.05, 0.1) is 5.69 Å². The van der Waals surface area contributed by atoms with Gasteiger partial charge < -0.3 is 5.32 Å². The summed E-state index contributed by atoms with van der Waals surface area (Å²) in [5.74, 6) is -0.473. The van der Waals surface area contributed by atoms with E-state index in [1.165, 1.54) is 12.1 Å². The SMILES string of the molecule is Cc1cccc(C)c1NC(=O)c1nn(-c2ccc(F)cc2)c2c1CCCC2. The monoisotopic (exact) mass is 363 g/mol. The van der Waals surface area contributed by atoms with E-state index in [-0.39, 0.29) is 11.7 Å². The van der Waals surface area contributed by atoms with Crippen LogP contribution in [0.2, 0.25) is 0 Å². The Labute approximate surface area is 158 Å². The molecule has 138 valence electrons. The topological polar surface area (TPSA) is 46.9 Å². The molecular formula is C22H22FN3O. The summed E-state index contributed by atoms with van der Waals surface area (Å²) in [7, 11) is 0. The highest BCUT2D eigenvalue weighted by Gasteiger charge is 2.26. The Kier molecular flexibility index (Phi) is 4.52. The van der Waals surface area contributed by atoms with Crippen molar-refractivity contribution < 1.29 is 9.18 Å². The summed E-state index contributed by atoms with van der Waals surface area (Å²) in [4.78, 5) is 13.0. The van der Waals surface area contributed by atoms with Gasteiger partial charge in [-0.05, 0) is 74.9 Å². The number of carbonyl (C=O) groups excluding carboxylic acids is 1. The van der Waals surface area contributed by atoms with Crippen molar-refractivity contribution in [2.45, 2.75) is 39.5 Å². The minimum absolute atomic E-state index is 0.189. The van der Waals surface area contributed by atoms with Gasteiger partial charge in [-0.25, -0.2) is 9.07 Å². The number of anilines is 1. The van der Waals surface area contributed by atoms with Crippen LogP contribution in [0.1, 0.15) is 45.7 Å². The molecule has 5 heteroatoms. The molecule has 0 atom stereocenters. The van der Waals surface area contributed by atoms with Crippen LogP contribution in [0.25, 0.3) is 5.69 Å². The Morgan fingerprint density at radius 2 is 1.70 bits per heavy atom. The summed E-state index contributed by atoms with van der Waals surface area (Å²) in [5, 5.41) is 7.67. The van der Waals surface area contributed by atoms with E-state index in [1.807, 2.05) is 32.0 Å². The second kappa shape index (κ2) is 6.99. The fourth-order valence-electron chi connectivity index (χ4n) is 3.76. The minimum Gasteiger partial charge on any atom is -0.320 e. The molecule has 0 bridgehead atoms. The summed E-state index contributed by atoms with van der Waals surface area (Å²) in [5.41, 5.74) is 6.19. The van der Waals surface area contributed by atoms with Gasteiger partial charge in [0.25, 0.3) is 5.91 Å². The predicted octanol–water partition coefficient (Wildman–Crippen LogP) is 4.76. The van der Waals surface area contributed by atoms with Crippen molar-refractivity contribution in [1.82, 2.24) is 9.78 Å². The number of aryl methyl sites for hydroxylation is 2. The zero-order valence-corrected chi connectivity index (χ0v) is 15.6. The van der Waals surface area contributed by atoms with Crippen LogP contribution in [-0.4, -0.2) is 15.7 Å². The molecule has 1 amide bonds. The molecule has 4 rings (SSSR count). The number of fused-ring (bicyclic) bond motifs is 1. The molecule has 0 unspecified atom stereocenters. The Morgan fingerprint density at radius 3 is 2.41 bits per heavy atom. The van der Waals surface area contributed by atoms with E-state index >= 15 is 0 Å². The fraction of sp³-hybridized carbons (Fsp3) is 0.273. The van der Waals surface area contributed by atoms with Crippen molar-refractivity contribution in [2.75, 3.05) is 5.32 Å². The molecule has 3 aromatic rings. The predicted molar refractivity (Wildman–Crippen MR) is 104 cm³/mol. The highest BCUT2D eigenvalue weighted by Crippen LogP contribution is 2.28. The Hall–Kier alpha value is -2.95. The van der Waals surface area contributed by atoms with E-state index in [0.717, 1.165) is 59.4 Å². The largest absolute Gasteiger partial charge is 0.320 e. The van der Waals surface area contributed by atoms with Gasteiger partial charge in [0.15, 0.2) is 5.69 Å². The lowest BCUT2D eigenvalue weighted by molar-refractivity contribution is 0.102. The summed E-state index contributed by atoms with van der Waals surface area (Å²) < 4.78 is 15.1. The molecule has 0 fully saturated rings. The molecule has 1 aromatic heterocycles. The number of nitrogens with zero attached hydrogens (tertiary/aromatic N) is 2. The van der Waals surface area contributed by atoms with Crippen molar-refractivity contribution in [3.63, 3.8) is 0 Å². The average molecular weight is 363 g/mol. The van der Waals surface area contributed by atoms with Gasteiger partial charge >= 0.3 is 0 Å². The van der Waals surface area contributed by atoms with Crippen molar-refractivity contribution >= 4 is 11.6 Å². The van der Waals surface area contributed by atoms with Crippen LogP contribution in [0.5, 0.6) is 0 Å². The zero-order chi connectivity index (χ0) is 19.0. The molecule has 0 spiro atoms. The quantitative estimate of drug-likeness (QED) is 0.729. The first-order valence-electron chi connectivity index (χ1n) is 9.29. The number of amides is 1. The number of halogens is 1. The first-order valence-corrected chi connectivity index (χ1v) is 9.29. The zero-order valence-electron chi connectivity index (χ0n) is 15.6. The lowest BCUT2D eigenvalue weighted by Gasteiger charge is -2.14. The number of benzene rings is 2. The third-order valence-corrected chi connectivity index (χ3v) is 5.19. The van der Waals surface area contributed by atoms with Gasteiger partial charge in [-0.15, -0.1) is 0 Å². The maximum Gasteiger partial charge on any atom is 0.276 e. The van der Waals surface area contributed by atoms with E-state index < -0.39 is 0 Å². The maximum absolute atomic E-state index is 13.3. The highest BCUT2D eigenvalue weighted by molar-refractivity contribution is 6.05. The van der Waals surface area contributed by atoms with Gasteiger partial charge in [-0.1, -0.05) is 18.2 Å². The van der Waals surface area contributed by atoms with Crippen molar-refractivity contribution in [1.29, 1.82) is 0 Å². The number of nitrogens with one attached hydrogen (secondary N) is 1. The van der Waals surface area contributed by atoms with Crippen LogP contribution in [-0.2, 0) is 12.8 Å². The Balaban J connectivity index is 1.74. The average Bonchev–Trinajstić information content (AvgIpc) is 3.05. The normalized spacial score (nSPS) is 13.3. The summed E-state index contributed by atoms with van der Waals surface area (Å²) in [6.45, 7) is 3.96. The molecule has 1 aliphatic carbocycles. The first-order chi connectivity index (χ1) is 13.0. The summed E-state index contributed by atoms with van der Waals surface area (Å²) in [6.07, 6.45) is 3.83. The van der Waals surface area contributed by atoms with E-state index in [1.54, 1.807) is 16.8 Å². The third kappa shape index (κ3) is 3.25. The van der Waals surface area contributed by atoms with Gasteiger partial charge in [-0.2, -0.15) is 5.10 Å². The van der Waals surface area contributed by atoms with Crippen LogP contribution in [0.4, 0.5) is 10.1 Å². The third-order valence-electron chi connectivity index (χ3n) is 5.19. The molecule has 0 saturated heterocycles. The molecule has 27 heavy (non-hydrogen) atoms. The Morgan fingerprint density at radius 1 is 1.04 bits per heavy atom. The van der Waals surface area contributed by atoms with Crippen LogP contribution < -0.4 is 5.32 Å². The number of hydrogen-bond donors (Lipinski definition) is 1. The number of para-hydroxylation sites is 1. The van der Waals surface area contributed by atoms with Gasteiger partial charge in [0, 0.05) is 16.9 Å². The van der Waals surface area contributed by atoms with Gasteiger partial charge in [0.2, 0.25) is 0 Å². The molecule has 1 aliphatic rings. The molecular weight excluding hydrogens is 341 g/mol. The number of aromatic nitrogens is 2. The molecule has 1 heterocycles. The molecule has 0 saturated carbocycles. The van der Waals surface area contributed by atoms with E-state index in [4.69, 9.17) is 0 Å². The smallest absolute Gasteiger partial charge is 0.276 e. The van der Waals surface area contributed by atoms with Crippen LogP contribution in [0, 0.1) is 19.7 Å². The maximum atomic E-state index is 13.3. The van der Waals surface area contributed by atoms with Crippen LogP contribution in [0.3, 0.4) is 0 Å². The molecule has 2 aromatic carbocycles. The van der Waals surface area contributed by atoms with Crippen molar-refractivity contribution in [3.05, 3.63) is 76.4 Å². The van der Waals surface area contributed by atoms with E-state index in [0.29, 0.717) is 5.69 Å². The minimum atomic E-state index is -0.284. The lowest BCUT2D eigenvalue weighted by atomic mass is 9.95. The lowest BCUT2D eigenvalue weighted by Crippen LogP contribution is -2.17. The van der Waals surface area contributed by atoms with E-state index in [2.05, 4.69) is 10.4 Å². The second-order valence-electron chi connectivity index (χ2n) is 7.09. The van der Waals surface area contributed by atoms with Crippen LogP contribution in [0.15, 0.2) is 42.5 Å². The summed E-state index contributed by atoms with van der Waals surface area (Å²) >= 11 is 0. The highest BCUT2D eigenvalue weighted by atomic mass is 19.1. The molecule has 0 radical (unpaired) electrons. The van der Waals surface area contributed by atoms with Crippen molar-refractivity contribution in [2.24, 2.45) is 0 Å². The van der Waals surface area contributed by atoms with Crippen LogP contribution >= 0.6 is 0 Å². The van der Waals surface area contributed by atoms with Crippen molar-refractivity contribution in [3.8, 4) is 5.69 Å². The molecule has 0 aliphatic heterocycles. The number of hydrogen-bond acceptors (Lipinski definition) is 2. The number of carbonyl (C=O) groups is 1. The molecule has 1 N–H and O–H groups in total. The standard InChI is InChI=1S/C22H22FN3O/c1-14-6-5-7-15(2)20(14)24-22(27)21-18-8-3-4-9-19(18)26(25-21)17-12-10-16(23)11-13-17/h5-7,10-13H,3-4,8-9H2,1-2H3,(H,24,27). The van der Waals surface area contributed by atoms with Gasteiger partial charge in [-0.3, -0.25) is 4.79 Å². The Bertz CT molecular complexity index is 985. The number of rotatable bonds is 3. The first kappa shape index (κ1) is 17.5. The van der Waals surface area contributed by atoms with E-state index in [9.17, 15) is 9.18 Å². The molecule has 4 nitrogen and oxygen atoms in total. The fourth-order valence-corrected chi connectivity index (χ4v) is 3.76.